The number of anilines is 2. The number of hydrogen-bond donors (Lipinski definition) is 1. The summed E-state index contributed by atoms with van der Waals surface area (Å²) in [4.78, 5) is 20.1. The lowest BCUT2D eigenvalue weighted by Crippen LogP contribution is -2.33. The molecule has 1 aliphatic rings. The van der Waals surface area contributed by atoms with E-state index in [-0.39, 0.29) is 18.0 Å². The monoisotopic (exact) mass is 410 g/mol. The van der Waals surface area contributed by atoms with Gasteiger partial charge in [0, 0.05) is 38.8 Å². The highest BCUT2D eigenvalue weighted by Crippen LogP contribution is 2.29. The zero-order valence-electron chi connectivity index (χ0n) is 15.8. The Labute approximate surface area is 166 Å². The number of amides is 1. The standard InChI is InChI=1S/C20H22F4N4O/c21-16-4-1-2-5-17(16)26-19(29)8-11-27-9-3-10-28(13-12-27)18-7-6-15(14-25-18)20(22,23)24/h1-2,4-7,14H,3,8-13H2,(H,26,29). The Kier molecular flexibility index (Phi) is 6.68. The summed E-state index contributed by atoms with van der Waals surface area (Å²) >= 11 is 0. The van der Waals surface area contributed by atoms with Crippen LogP contribution in [0.25, 0.3) is 0 Å². The smallest absolute Gasteiger partial charge is 0.355 e. The number of para-hydroxylation sites is 1. The van der Waals surface area contributed by atoms with Gasteiger partial charge in [-0.25, -0.2) is 9.37 Å². The van der Waals surface area contributed by atoms with E-state index >= 15 is 0 Å². The predicted octanol–water partition coefficient (Wildman–Crippen LogP) is 3.78. The third kappa shape index (κ3) is 5.90. The van der Waals surface area contributed by atoms with Crippen molar-refractivity contribution in [3.8, 4) is 0 Å². The summed E-state index contributed by atoms with van der Waals surface area (Å²) in [5, 5.41) is 2.56. The lowest BCUT2D eigenvalue weighted by atomic mass is 10.2. The summed E-state index contributed by atoms with van der Waals surface area (Å²) in [6, 6.07) is 8.43. The number of carbonyl (C=O) groups excluding carboxylic acids is 1. The molecule has 0 saturated carbocycles. The summed E-state index contributed by atoms with van der Waals surface area (Å²) in [6.07, 6.45) is -2.51. The third-order valence-corrected chi connectivity index (χ3v) is 4.79. The maximum absolute atomic E-state index is 13.6. The fourth-order valence-electron chi connectivity index (χ4n) is 3.20. The van der Waals surface area contributed by atoms with E-state index in [4.69, 9.17) is 0 Å². The van der Waals surface area contributed by atoms with Gasteiger partial charge in [0.25, 0.3) is 0 Å². The van der Waals surface area contributed by atoms with E-state index in [9.17, 15) is 22.4 Å². The molecule has 2 heterocycles. The van der Waals surface area contributed by atoms with Crippen LogP contribution in [0.2, 0.25) is 0 Å². The first kappa shape index (κ1) is 21.0. The molecule has 0 aliphatic carbocycles. The van der Waals surface area contributed by atoms with Gasteiger partial charge in [-0.2, -0.15) is 13.2 Å². The minimum absolute atomic E-state index is 0.160. The number of rotatable bonds is 5. The quantitative estimate of drug-likeness (QED) is 0.763. The minimum atomic E-state index is -4.40. The van der Waals surface area contributed by atoms with Crippen molar-refractivity contribution in [1.29, 1.82) is 0 Å². The van der Waals surface area contributed by atoms with Crippen molar-refractivity contribution >= 4 is 17.4 Å². The number of halogens is 4. The van der Waals surface area contributed by atoms with Gasteiger partial charge in [-0.15, -0.1) is 0 Å². The lowest BCUT2D eigenvalue weighted by Gasteiger charge is -2.23. The molecule has 29 heavy (non-hydrogen) atoms. The second kappa shape index (κ2) is 9.21. The molecule has 3 rings (SSSR count). The molecule has 1 fully saturated rings. The molecule has 0 unspecified atom stereocenters. The number of aromatic nitrogens is 1. The Morgan fingerprint density at radius 1 is 1.07 bits per heavy atom. The molecule has 0 spiro atoms. The van der Waals surface area contributed by atoms with Crippen LogP contribution in [0.4, 0.5) is 29.1 Å². The van der Waals surface area contributed by atoms with E-state index in [0.717, 1.165) is 25.2 Å². The molecule has 1 N–H and O–H groups in total. The first-order valence-electron chi connectivity index (χ1n) is 9.38. The van der Waals surface area contributed by atoms with Gasteiger partial charge in [-0.3, -0.25) is 4.79 Å². The van der Waals surface area contributed by atoms with Gasteiger partial charge in [0.15, 0.2) is 0 Å². The van der Waals surface area contributed by atoms with Crippen LogP contribution < -0.4 is 10.2 Å². The number of benzene rings is 1. The number of hydrogen-bond acceptors (Lipinski definition) is 4. The highest BCUT2D eigenvalue weighted by atomic mass is 19.4. The second-order valence-electron chi connectivity index (χ2n) is 6.86. The van der Waals surface area contributed by atoms with Crippen LogP contribution in [0.5, 0.6) is 0 Å². The number of pyridine rings is 1. The maximum atomic E-state index is 13.6. The van der Waals surface area contributed by atoms with Crippen molar-refractivity contribution in [2.75, 3.05) is 42.9 Å². The summed E-state index contributed by atoms with van der Waals surface area (Å²) in [5.74, 6) is -0.229. The van der Waals surface area contributed by atoms with Crippen LogP contribution in [0, 0.1) is 5.82 Å². The van der Waals surface area contributed by atoms with Gasteiger partial charge in [-0.05, 0) is 37.2 Å². The molecular weight excluding hydrogens is 388 g/mol. The molecule has 2 aromatic rings. The van der Waals surface area contributed by atoms with Gasteiger partial charge in [0.1, 0.15) is 11.6 Å². The van der Waals surface area contributed by atoms with Crippen LogP contribution in [0.1, 0.15) is 18.4 Å². The molecule has 5 nitrogen and oxygen atoms in total. The number of carbonyl (C=O) groups is 1. The van der Waals surface area contributed by atoms with Crippen LogP contribution in [-0.4, -0.2) is 48.5 Å². The average molecular weight is 410 g/mol. The van der Waals surface area contributed by atoms with Crippen molar-refractivity contribution in [2.24, 2.45) is 0 Å². The zero-order chi connectivity index (χ0) is 20.9. The third-order valence-electron chi connectivity index (χ3n) is 4.79. The van der Waals surface area contributed by atoms with Crippen LogP contribution in [0.3, 0.4) is 0 Å². The van der Waals surface area contributed by atoms with Gasteiger partial charge < -0.3 is 15.1 Å². The average Bonchev–Trinajstić information content (AvgIpc) is 2.93. The Morgan fingerprint density at radius 3 is 2.55 bits per heavy atom. The van der Waals surface area contributed by atoms with E-state index in [1.165, 1.54) is 18.2 Å². The van der Waals surface area contributed by atoms with Gasteiger partial charge in [0.05, 0.1) is 11.3 Å². The lowest BCUT2D eigenvalue weighted by molar-refractivity contribution is -0.137. The molecule has 1 aromatic heterocycles. The van der Waals surface area contributed by atoms with Crippen LogP contribution in [-0.2, 0) is 11.0 Å². The fraction of sp³-hybridized carbons (Fsp3) is 0.400. The number of nitrogens with one attached hydrogen (secondary N) is 1. The Bertz CT molecular complexity index is 826. The zero-order valence-corrected chi connectivity index (χ0v) is 15.8. The predicted molar refractivity (Wildman–Crippen MR) is 102 cm³/mol. The maximum Gasteiger partial charge on any atom is 0.417 e. The summed E-state index contributed by atoms with van der Waals surface area (Å²) in [6.45, 7) is 3.23. The number of nitrogens with zero attached hydrogens (tertiary/aromatic N) is 3. The van der Waals surface area contributed by atoms with E-state index in [2.05, 4.69) is 15.2 Å². The van der Waals surface area contributed by atoms with Crippen molar-refractivity contribution in [1.82, 2.24) is 9.88 Å². The summed E-state index contributed by atoms with van der Waals surface area (Å²) in [5.41, 5.74) is -0.605. The first-order valence-corrected chi connectivity index (χ1v) is 9.38. The summed E-state index contributed by atoms with van der Waals surface area (Å²) < 4.78 is 51.6. The van der Waals surface area contributed by atoms with Crippen molar-refractivity contribution in [2.45, 2.75) is 19.0 Å². The highest BCUT2D eigenvalue weighted by molar-refractivity contribution is 5.90. The molecule has 0 atom stereocenters. The minimum Gasteiger partial charge on any atom is -0.355 e. The molecule has 1 aliphatic heterocycles. The van der Waals surface area contributed by atoms with Gasteiger partial charge in [-0.1, -0.05) is 12.1 Å². The van der Waals surface area contributed by atoms with E-state index in [1.807, 2.05) is 4.90 Å². The largest absolute Gasteiger partial charge is 0.417 e. The SMILES string of the molecule is O=C(CCN1CCCN(c2ccc(C(F)(F)F)cn2)CC1)Nc1ccccc1F. The van der Waals surface area contributed by atoms with E-state index < -0.39 is 17.6 Å². The highest BCUT2D eigenvalue weighted by Gasteiger charge is 2.31. The van der Waals surface area contributed by atoms with Gasteiger partial charge in [0.2, 0.25) is 5.91 Å². The van der Waals surface area contributed by atoms with Crippen LogP contribution >= 0.6 is 0 Å². The molecular formula is C20H22F4N4O. The van der Waals surface area contributed by atoms with Crippen molar-refractivity contribution < 1.29 is 22.4 Å². The molecule has 9 heteroatoms. The first-order chi connectivity index (χ1) is 13.8. The summed E-state index contributed by atoms with van der Waals surface area (Å²) in [7, 11) is 0. The van der Waals surface area contributed by atoms with Crippen molar-refractivity contribution in [3.05, 3.63) is 54.0 Å². The second-order valence-corrected chi connectivity index (χ2v) is 6.86. The fourth-order valence-corrected chi connectivity index (χ4v) is 3.20. The molecule has 1 aromatic carbocycles. The molecule has 156 valence electrons. The van der Waals surface area contributed by atoms with Crippen molar-refractivity contribution in [3.63, 3.8) is 0 Å². The topological polar surface area (TPSA) is 48.5 Å². The Balaban J connectivity index is 1.48. The van der Waals surface area contributed by atoms with Crippen LogP contribution in [0.15, 0.2) is 42.6 Å². The van der Waals surface area contributed by atoms with Gasteiger partial charge >= 0.3 is 6.18 Å². The Hall–Kier alpha value is -2.68. The molecule has 1 amide bonds. The normalized spacial score (nSPS) is 15.8. The Morgan fingerprint density at radius 2 is 1.86 bits per heavy atom. The van der Waals surface area contributed by atoms with E-state index in [0.29, 0.717) is 32.0 Å². The molecule has 1 saturated heterocycles. The number of alkyl halides is 3. The van der Waals surface area contributed by atoms with E-state index in [1.54, 1.807) is 12.1 Å². The molecule has 0 bridgehead atoms. The molecule has 0 radical (unpaired) electrons.